The standard InChI is InChI=1S/C14H10S.BrH/c1-2-6-11(7-3-1)14-10-12-8-4-5-9-13(12)15-14;/h1-10H;1H. The first-order valence-corrected chi connectivity index (χ1v) is 5.79. The van der Waals surface area contributed by atoms with Crippen LogP contribution in [-0.4, -0.2) is 0 Å². The summed E-state index contributed by atoms with van der Waals surface area (Å²) in [5, 5.41) is 1.33. The predicted octanol–water partition coefficient (Wildman–Crippen LogP) is 5.15. The minimum absolute atomic E-state index is 0. The molecule has 0 nitrogen and oxygen atoms in total. The summed E-state index contributed by atoms with van der Waals surface area (Å²) >= 11 is 1.85. The molecular weight excluding hydrogens is 280 g/mol. The van der Waals surface area contributed by atoms with E-state index in [2.05, 4.69) is 60.7 Å². The van der Waals surface area contributed by atoms with E-state index in [1.165, 1.54) is 20.5 Å². The number of hydrogen-bond acceptors (Lipinski definition) is 1. The van der Waals surface area contributed by atoms with Crippen molar-refractivity contribution in [2.24, 2.45) is 0 Å². The first-order valence-electron chi connectivity index (χ1n) is 4.97. The van der Waals surface area contributed by atoms with Gasteiger partial charge in [0.2, 0.25) is 0 Å². The Morgan fingerprint density at radius 3 is 2.19 bits per heavy atom. The molecule has 0 aliphatic rings. The van der Waals surface area contributed by atoms with E-state index in [-0.39, 0.29) is 17.0 Å². The van der Waals surface area contributed by atoms with Gasteiger partial charge in [-0.1, -0.05) is 48.5 Å². The fourth-order valence-electron chi connectivity index (χ4n) is 1.73. The first kappa shape index (κ1) is 11.4. The molecule has 16 heavy (non-hydrogen) atoms. The van der Waals surface area contributed by atoms with Gasteiger partial charge in [-0.25, -0.2) is 0 Å². The van der Waals surface area contributed by atoms with E-state index < -0.39 is 0 Å². The zero-order valence-electron chi connectivity index (χ0n) is 8.59. The van der Waals surface area contributed by atoms with Gasteiger partial charge in [-0.15, -0.1) is 28.3 Å². The van der Waals surface area contributed by atoms with E-state index in [4.69, 9.17) is 0 Å². The summed E-state index contributed by atoms with van der Waals surface area (Å²) in [5.41, 5.74) is 1.30. The predicted molar refractivity (Wildman–Crippen MR) is 77.6 cm³/mol. The van der Waals surface area contributed by atoms with Crippen molar-refractivity contribution in [3.8, 4) is 10.4 Å². The van der Waals surface area contributed by atoms with E-state index in [9.17, 15) is 0 Å². The van der Waals surface area contributed by atoms with Crippen LogP contribution in [0.15, 0.2) is 60.7 Å². The molecule has 0 N–H and O–H groups in total. The molecule has 2 aromatic carbocycles. The van der Waals surface area contributed by atoms with Gasteiger partial charge in [0.25, 0.3) is 0 Å². The van der Waals surface area contributed by atoms with Gasteiger partial charge in [0.15, 0.2) is 0 Å². The van der Waals surface area contributed by atoms with Crippen molar-refractivity contribution >= 4 is 38.4 Å². The number of halogens is 1. The van der Waals surface area contributed by atoms with Crippen molar-refractivity contribution in [3.05, 3.63) is 60.7 Å². The minimum atomic E-state index is 0. The highest BCUT2D eigenvalue weighted by molar-refractivity contribution is 8.93. The fraction of sp³-hybridized carbons (Fsp3) is 0. The molecule has 1 aromatic heterocycles. The molecular formula is C14H11BrS. The summed E-state index contributed by atoms with van der Waals surface area (Å²) < 4.78 is 1.36. The second-order valence-electron chi connectivity index (χ2n) is 3.51. The molecule has 80 valence electrons. The largest absolute Gasteiger partial charge is 0.135 e. The van der Waals surface area contributed by atoms with Crippen LogP contribution in [-0.2, 0) is 0 Å². The van der Waals surface area contributed by atoms with Crippen molar-refractivity contribution < 1.29 is 0 Å². The molecule has 0 radical (unpaired) electrons. The van der Waals surface area contributed by atoms with Gasteiger partial charge in [0.1, 0.15) is 0 Å². The quantitative estimate of drug-likeness (QED) is 0.582. The molecule has 0 bridgehead atoms. The van der Waals surface area contributed by atoms with E-state index in [1.54, 1.807) is 0 Å². The lowest BCUT2D eigenvalue weighted by molar-refractivity contribution is 1.70. The third-order valence-corrected chi connectivity index (χ3v) is 3.65. The van der Waals surface area contributed by atoms with Crippen molar-refractivity contribution in [1.82, 2.24) is 0 Å². The Morgan fingerprint density at radius 1 is 0.750 bits per heavy atom. The van der Waals surface area contributed by atoms with Gasteiger partial charge in [0.05, 0.1) is 0 Å². The number of thiophene rings is 1. The van der Waals surface area contributed by atoms with Gasteiger partial charge < -0.3 is 0 Å². The Labute approximate surface area is 109 Å². The van der Waals surface area contributed by atoms with E-state index in [0.29, 0.717) is 0 Å². The Bertz CT molecular complexity index is 551. The molecule has 0 unspecified atom stereocenters. The molecule has 0 aliphatic heterocycles. The topological polar surface area (TPSA) is 0 Å². The number of fused-ring (bicyclic) bond motifs is 1. The normalized spacial score (nSPS) is 10.0. The molecule has 3 aromatic rings. The fourth-order valence-corrected chi connectivity index (χ4v) is 2.79. The van der Waals surface area contributed by atoms with Crippen molar-refractivity contribution in [2.75, 3.05) is 0 Å². The molecule has 0 fully saturated rings. The molecule has 2 heteroatoms. The lowest BCUT2D eigenvalue weighted by Crippen LogP contribution is -1.67. The van der Waals surface area contributed by atoms with Gasteiger partial charge in [-0.2, -0.15) is 0 Å². The van der Waals surface area contributed by atoms with Gasteiger partial charge >= 0.3 is 0 Å². The zero-order valence-corrected chi connectivity index (χ0v) is 11.1. The Kier molecular flexibility index (Phi) is 3.42. The van der Waals surface area contributed by atoms with Crippen molar-refractivity contribution in [2.45, 2.75) is 0 Å². The highest BCUT2D eigenvalue weighted by Crippen LogP contribution is 2.32. The van der Waals surface area contributed by atoms with Crippen LogP contribution in [0.5, 0.6) is 0 Å². The van der Waals surface area contributed by atoms with E-state index in [0.717, 1.165) is 0 Å². The van der Waals surface area contributed by atoms with Gasteiger partial charge in [-0.05, 0) is 23.1 Å². The molecule has 0 atom stereocenters. The molecule has 1 heterocycles. The van der Waals surface area contributed by atoms with Crippen LogP contribution in [0.4, 0.5) is 0 Å². The molecule has 0 aliphatic carbocycles. The summed E-state index contributed by atoms with van der Waals surface area (Å²) in [7, 11) is 0. The van der Waals surface area contributed by atoms with Crippen LogP contribution < -0.4 is 0 Å². The maximum atomic E-state index is 2.26. The third kappa shape index (κ3) is 2.04. The maximum Gasteiger partial charge on any atom is 0.0355 e. The lowest BCUT2D eigenvalue weighted by Gasteiger charge is -1.93. The smallest absolute Gasteiger partial charge is 0.0355 e. The summed E-state index contributed by atoms with van der Waals surface area (Å²) in [4.78, 5) is 1.34. The molecule has 0 amide bonds. The number of hydrogen-bond donors (Lipinski definition) is 0. The summed E-state index contributed by atoms with van der Waals surface area (Å²) in [6.45, 7) is 0. The van der Waals surface area contributed by atoms with E-state index >= 15 is 0 Å². The minimum Gasteiger partial charge on any atom is -0.135 e. The first-order chi connectivity index (χ1) is 7.43. The van der Waals surface area contributed by atoms with Crippen LogP contribution in [0.25, 0.3) is 20.5 Å². The van der Waals surface area contributed by atoms with Crippen LogP contribution in [0, 0.1) is 0 Å². The highest BCUT2D eigenvalue weighted by atomic mass is 79.9. The van der Waals surface area contributed by atoms with Gasteiger partial charge in [0, 0.05) is 9.58 Å². The highest BCUT2D eigenvalue weighted by Gasteiger charge is 2.02. The summed E-state index contributed by atoms with van der Waals surface area (Å²) in [5.74, 6) is 0. The van der Waals surface area contributed by atoms with Gasteiger partial charge in [-0.3, -0.25) is 0 Å². The molecule has 0 saturated carbocycles. The third-order valence-electron chi connectivity index (χ3n) is 2.48. The van der Waals surface area contributed by atoms with Crippen LogP contribution in [0.1, 0.15) is 0 Å². The van der Waals surface area contributed by atoms with Crippen LogP contribution in [0.2, 0.25) is 0 Å². The molecule has 0 saturated heterocycles. The lowest BCUT2D eigenvalue weighted by atomic mass is 10.2. The second kappa shape index (κ2) is 4.81. The molecule has 0 spiro atoms. The summed E-state index contributed by atoms with van der Waals surface area (Å²) in [6.07, 6.45) is 0. The average Bonchev–Trinajstić information content (AvgIpc) is 2.74. The summed E-state index contributed by atoms with van der Waals surface area (Å²) in [6, 6.07) is 21.3. The number of benzene rings is 2. The van der Waals surface area contributed by atoms with Crippen molar-refractivity contribution in [3.63, 3.8) is 0 Å². The second-order valence-corrected chi connectivity index (χ2v) is 4.60. The Balaban J connectivity index is 0.000000963. The monoisotopic (exact) mass is 290 g/mol. The van der Waals surface area contributed by atoms with Crippen molar-refractivity contribution in [1.29, 1.82) is 0 Å². The number of rotatable bonds is 1. The average molecular weight is 291 g/mol. The van der Waals surface area contributed by atoms with Crippen LogP contribution in [0.3, 0.4) is 0 Å². The zero-order chi connectivity index (χ0) is 10.1. The Hall–Kier alpha value is -1.12. The van der Waals surface area contributed by atoms with E-state index in [1.807, 2.05) is 11.3 Å². The maximum absolute atomic E-state index is 2.26. The Morgan fingerprint density at radius 2 is 1.44 bits per heavy atom. The molecule has 3 rings (SSSR count). The SMILES string of the molecule is Br.c1ccc(-c2cc3ccccc3s2)cc1. The van der Waals surface area contributed by atoms with Crippen LogP contribution >= 0.6 is 28.3 Å².